The van der Waals surface area contributed by atoms with Crippen molar-refractivity contribution in [2.24, 2.45) is 0 Å². The van der Waals surface area contributed by atoms with E-state index in [1.165, 1.54) is 0 Å². The average Bonchev–Trinajstić information content (AvgIpc) is 2.29. The minimum Gasteiger partial charge on any atom is -0.256 e. The van der Waals surface area contributed by atoms with Gasteiger partial charge in [-0.15, -0.1) is 24.8 Å². The molecule has 0 aliphatic carbocycles. The molecule has 0 unspecified atom stereocenters. The van der Waals surface area contributed by atoms with Crippen LogP contribution in [0.2, 0.25) is 0 Å². The van der Waals surface area contributed by atoms with Crippen LogP contribution in [0.15, 0.2) is 48.8 Å². The SMILES string of the molecule is Cl.Cl.c1cnc2ccc3ncccc3c2c1. The molecule has 0 amide bonds. The largest absolute Gasteiger partial charge is 0.256 e. The van der Waals surface area contributed by atoms with Crippen LogP contribution in [0.3, 0.4) is 0 Å². The second-order valence-electron chi connectivity index (χ2n) is 3.21. The van der Waals surface area contributed by atoms with Crippen molar-refractivity contribution in [2.75, 3.05) is 0 Å². The third kappa shape index (κ3) is 1.94. The molecule has 2 nitrogen and oxygen atoms in total. The van der Waals surface area contributed by atoms with Crippen molar-refractivity contribution in [3.05, 3.63) is 48.8 Å². The second kappa shape index (κ2) is 5.10. The molecule has 1 aromatic carbocycles. The summed E-state index contributed by atoms with van der Waals surface area (Å²) in [5.74, 6) is 0. The third-order valence-corrected chi connectivity index (χ3v) is 2.37. The lowest BCUT2D eigenvalue weighted by molar-refractivity contribution is 1.39. The molecule has 2 aromatic heterocycles. The normalized spacial score (nSPS) is 9.50. The summed E-state index contributed by atoms with van der Waals surface area (Å²) in [5.41, 5.74) is 2.04. The number of halogens is 2. The monoisotopic (exact) mass is 252 g/mol. The Morgan fingerprint density at radius 1 is 0.625 bits per heavy atom. The number of rotatable bonds is 0. The Bertz CT molecular complexity index is 556. The predicted octanol–water partition coefficient (Wildman–Crippen LogP) is 3.63. The maximum absolute atomic E-state index is 4.30. The van der Waals surface area contributed by atoms with E-state index in [9.17, 15) is 0 Å². The van der Waals surface area contributed by atoms with Crippen molar-refractivity contribution < 1.29 is 0 Å². The fraction of sp³-hybridized carbons (Fsp3) is 0. The van der Waals surface area contributed by atoms with Gasteiger partial charge in [0.05, 0.1) is 11.0 Å². The van der Waals surface area contributed by atoms with E-state index >= 15 is 0 Å². The highest BCUT2D eigenvalue weighted by Gasteiger charge is 1.99. The van der Waals surface area contributed by atoms with Crippen molar-refractivity contribution in [1.82, 2.24) is 9.97 Å². The zero-order chi connectivity index (χ0) is 9.38. The lowest BCUT2D eigenvalue weighted by Crippen LogP contribution is -1.81. The topological polar surface area (TPSA) is 25.8 Å². The van der Waals surface area contributed by atoms with Gasteiger partial charge in [-0.05, 0) is 24.3 Å². The van der Waals surface area contributed by atoms with Crippen molar-refractivity contribution in [2.45, 2.75) is 0 Å². The molecule has 0 atom stereocenters. The zero-order valence-corrected chi connectivity index (χ0v) is 9.96. The summed E-state index contributed by atoms with van der Waals surface area (Å²) in [6, 6.07) is 12.1. The highest BCUT2D eigenvalue weighted by atomic mass is 35.5. The van der Waals surface area contributed by atoms with E-state index in [-0.39, 0.29) is 24.8 Å². The van der Waals surface area contributed by atoms with Crippen LogP contribution in [0.5, 0.6) is 0 Å². The van der Waals surface area contributed by atoms with Gasteiger partial charge >= 0.3 is 0 Å². The smallest absolute Gasteiger partial charge is 0.0709 e. The second-order valence-corrected chi connectivity index (χ2v) is 3.21. The number of aromatic nitrogens is 2. The van der Waals surface area contributed by atoms with Crippen LogP contribution >= 0.6 is 24.8 Å². The zero-order valence-electron chi connectivity index (χ0n) is 8.33. The van der Waals surface area contributed by atoms with Gasteiger partial charge in [0.15, 0.2) is 0 Å². The molecule has 82 valence electrons. The summed E-state index contributed by atoms with van der Waals surface area (Å²) in [6.45, 7) is 0. The Morgan fingerprint density at radius 2 is 1.06 bits per heavy atom. The van der Waals surface area contributed by atoms with E-state index in [1.807, 2.05) is 36.7 Å². The Hall–Kier alpha value is -1.38. The van der Waals surface area contributed by atoms with Gasteiger partial charge in [0.2, 0.25) is 0 Å². The number of pyridine rings is 2. The fourth-order valence-corrected chi connectivity index (χ4v) is 1.71. The number of fused-ring (bicyclic) bond motifs is 3. The first kappa shape index (κ1) is 12.7. The first-order valence-electron chi connectivity index (χ1n) is 4.53. The summed E-state index contributed by atoms with van der Waals surface area (Å²) in [4.78, 5) is 8.61. The lowest BCUT2D eigenvalue weighted by atomic mass is 10.1. The predicted molar refractivity (Wildman–Crippen MR) is 71.5 cm³/mol. The quantitative estimate of drug-likeness (QED) is 0.572. The summed E-state index contributed by atoms with van der Waals surface area (Å²) < 4.78 is 0. The van der Waals surface area contributed by atoms with E-state index in [0.717, 1.165) is 21.8 Å². The number of nitrogens with zero attached hydrogens (tertiary/aromatic N) is 2. The van der Waals surface area contributed by atoms with Crippen LogP contribution in [-0.2, 0) is 0 Å². The van der Waals surface area contributed by atoms with Crippen LogP contribution in [0.25, 0.3) is 21.8 Å². The Balaban J connectivity index is 0.000000640. The minimum absolute atomic E-state index is 0. The summed E-state index contributed by atoms with van der Waals surface area (Å²) in [6.07, 6.45) is 3.62. The average molecular weight is 253 g/mol. The summed E-state index contributed by atoms with van der Waals surface area (Å²) in [7, 11) is 0. The van der Waals surface area contributed by atoms with Gasteiger partial charge in [-0.2, -0.15) is 0 Å². The Labute approximate surface area is 106 Å². The van der Waals surface area contributed by atoms with Crippen LogP contribution in [0.1, 0.15) is 0 Å². The van der Waals surface area contributed by atoms with E-state index in [2.05, 4.69) is 22.1 Å². The first-order chi connectivity index (χ1) is 6.95. The molecule has 0 fully saturated rings. The highest BCUT2D eigenvalue weighted by Crippen LogP contribution is 2.21. The molecule has 0 aliphatic rings. The molecule has 2 heterocycles. The maximum Gasteiger partial charge on any atom is 0.0709 e. The first-order valence-corrected chi connectivity index (χ1v) is 4.53. The van der Waals surface area contributed by atoms with Crippen molar-refractivity contribution in [1.29, 1.82) is 0 Å². The standard InChI is InChI=1S/C12H8N2.2ClH/c1-3-9-10-4-2-8-14-12(10)6-5-11(9)13-7-1;;/h1-8H;2*1H. The molecule has 16 heavy (non-hydrogen) atoms. The van der Waals surface area contributed by atoms with Crippen LogP contribution in [0.4, 0.5) is 0 Å². The van der Waals surface area contributed by atoms with Gasteiger partial charge in [0.1, 0.15) is 0 Å². The molecule has 0 N–H and O–H groups in total. The third-order valence-electron chi connectivity index (χ3n) is 2.37. The van der Waals surface area contributed by atoms with E-state index in [4.69, 9.17) is 0 Å². The lowest BCUT2D eigenvalue weighted by Gasteiger charge is -2.00. The molecule has 0 saturated heterocycles. The fourth-order valence-electron chi connectivity index (χ4n) is 1.71. The molecule has 0 saturated carbocycles. The molecule has 0 radical (unpaired) electrons. The van der Waals surface area contributed by atoms with Crippen molar-refractivity contribution >= 4 is 46.6 Å². The number of hydrogen-bond donors (Lipinski definition) is 0. The van der Waals surface area contributed by atoms with E-state index in [1.54, 1.807) is 0 Å². The van der Waals surface area contributed by atoms with Crippen LogP contribution in [0, 0.1) is 0 Å². The maximum atomic E-state index is 4.30. The summed E-state index contributed by atoms with van der Waals surface area (Å²) >= 11 is 0. The van der Waals surface area contributed by atoms with Gasteiger partial charge in [0, 0.05) is 23.2 Å². The van der Waals surface area contributed by atoms with Crippen molar-refractivity contribution in [3.63, 3.8) is 0 Å². The minimum atomic E-state index is 0. The Morgan fingerprint density at radius 3 is 1.50 bits per heavy atom. The molecule has 3 rings (SSSR count). The molecule has 0 aliphatic heterocycles. The molecular formula is C12H10Cl2N2. The van der Waals surface area contributed by atoms with Crippen molar-refractivity contribution in [3.8, 4) is 0 Å². The van der Waals surface area contributed by atoms with Crippen LogP contribution in [-0.4, -0.2) is 9.97 Å². The van der Waals surface area contributed by atoms with Gasteiger partial charge in [-0.1, -0.05) is 12.1 Å². The Kier molecular flexibility index (Phi) is 4.05. The molecule has 3 aromatic rings. The van der Waals surface area contributed by atoms with Gasteiger partial charge in [-0.25, -0.2) is 0 Å². The number of benzene rings is 1. The molecule has 4 heteroatoms. The number of hydrogen-bond acceptors (Lipinski definition) is 2. The summed E-state index contributed by atoms with van der Waals surface area (Å²) in [5, 5.41) is 2.33. The van der Waals surface area contributed by atoms with E-state index in [0.29, 0.717) is 0 Å². The van der Waals surface area contributed by atoms with E-state index < -0.39 is 0 Å². The van der Waals surface area contributed by atoms with Crippen LogP contribution < -0.4 is 0 Å². The van der Waals surface area contributed by atoms with Gasteiger partial charge in [0.25, 0.3) is 0 Å². The van der Waals surface area contributed by atoms with Gasteiger partial charge < -0.3 is 0 Å². The highest BCUT2D eigenvalue weighted by molar-refractivity contribution is 6.04. The van der Waals surface area contributed by atoms with Gasteiger partial charge in [-0.3, -0.25) is 9.97 Å². The molecule has 0 spiro atoms. The molecular weight excluding hydrogens is 243 g/mol. The molecule has 0 bridgehead atoms.